The van der Waals surface area contributed by atoms with E-state index in [-0.39, 0.29) is 5.56 Å². The van der Waals surface area contributed by atoms with Gasteiger partial charge >= 0.3 is 6.18 Å². The molecule has 34 heavy (non-hydrogen) atoms. The minimum absolute atomic E-state index is 0.118. The first-order valence-corrected chi connectivity index (χ1v) is 10.7. The second kappa shape index (κ2) is 8.35. The van der Waals surface area contributed by atoms with Gasteiger partial charge in [-0.05, 0) is 26.0 Å². The Bertz CT molecular complexity index is 1370. The van der Waals surface area contributed by atoms with Gasteiger partial charge in [-0.25, -0.2) is 19.3 Å². The van der Waals surface area contributed by atoms with Crippen molar-refractivity contribution in [3.63, 3.8) is 0 Å². The van der Waals surface area contributed by atoms with E-state index in [4.69, 9.17) is 4.74 Å². The smallest absolute Gasteiger partial charge is 0.378 e. The van der Waals surface area contributed by atoms with Gasteiger partial charge in [-0.15, -0.1) is 5.10 Å². The van der Waals surface area contributed by atoms with Crippen molar-refractivity contribution in [2.45, 2.75) is 26.1 Å². The Balaban J connectivity index is 1.60. The van der Waals surface area contributed by atoms with Crippen LogP contribution in [0.15, 0.2) is 30.6 Å². The number of pyridine rings is 1. The third-order valence-corrected chi connectivity index (χ3v) is 5.79. The maximum Gasteiger partial charge on any atom is 0.419 e. The van der Waals surface area contributed by atoms with Gasteiger partial charge in [0.15, 0.2) is 11.3 Å². The molecule has 5 rings (SSSR count). The molecular weight excluding hydrogens is 454 g/mol. The zero-order valence-electron chi connectivity index (χ0n) is 18.4. The third kappa shape index (κ3) is 3.87. The van der Waals surface area contributed by atoms with E-state index in [9.17, 15) is 17.6 Å². The Hall–Kier alpha value is -3.54. The van der Waals surface area contributed by atoms with Crippen LogP contribution in [0.25, 0.3) is 16.7 Å². The van der Waals surface area contributed by atoms with Crippen molar-refractivity contribution in [3.05, 3.63) is 53.4 Å². The Morgan fingerprint density at radius 1 is 1.12 bits per heavy atom. The summed E-state index contributed by atoms with van der Waals surface area (Å²) in [6.45, 7) is 5.82. The number of morpholine rings is 1. The van der Waals surface area contributed by atoms with Gasteiger partial charge in [0.05, 0.1) is 35.9 Å². The molecule has 1 aliphatic heterocycles. The van der Waals surface area contributed by atoms with Crippen molar-refractivity contribution in [2.75, 3.05) is 36.5 Å². The summed E-state index contributed by atoms with van der Waals surface area (Å²) in [7, 11) is 0. The minimum Gasteiger partial charge on any atom is -0.378 e. The maximum atomic E-state index is 14.7. The fourth-order valence-electron chi connectivity index (χ4n) is 4.16. The molecule has 4 heterocycles. The minimum atomic E-state index is -4.79. The van der Waals surface area contributed by atoms with Crippen molar-refractivity contribution in [1.29, 1.82) is 0 Å². The first kappa shape index (κ1) is 22.3. The van der Waals surface area contributed by atoms with Crippen molar-refractivity contribution in [1.82, 2.24) is 24.6 Å². The van der Waals surface area contributed by atoms with Gasteiger partial charge in [0.2, 0.25) is 0 Å². The number of benzene rings is 1. The molecule has 4 aromatic rings. The first-order chi connectivity index (χ1) is 16.2. The average Bonchev–Trinajstić information content (AvgIpc) is 3.20. The van der Waals surface area contributed by atoms with Gasteiger partial charge in [0, 0.05) is 18.7 Å². The number of ether oxygens (including phenoxy) is 1. The van der Waals surface area contributed by atoms with E-state index < -0.39 is 23.6 Å². The fraction of sp³-hybridized carbons (Fsp3) is 0.364. The van der Waals surface area contributed by atoms with Crippen molar-refractivity contribution >= 4 is 28.2 Å². The van der Waals surface area contributed by atoms with Crippen LogP contribution in [0, 0.1) is 12.7 Å². The lowest BCUT2D eigenvalue weighted by atomic mass is 10.0. The molecule has 1 aromatic carbocycles. The lowest BCUT2D eigenvalue weighted by Gasteiger charge is -2.29. The van der Waals surface area contributed by atoms with Crippen LogP contribution in [-0.4, -0.2) is 50.9 Å². The molecule has 0 saturated carbocycles. The van der Waals surface area contributed by atoms with Crippen molar-refractivity contribution < 1.29 is 22.3 Å². The fourth-order valence-corrected chi connectivity index (χ4v) is 4.16. The number of nitrogens with one attached hydrogen (secondary N) is 1. The Morgan fingerprint density at radius 2 is 1.88 bits per heavy atom. The average molecular weight is 475 g/mol. The van der Waals surface area contributed by atoms with Gasteiger partial charge in [-0.3, -0.25) is 0 Å². The number of nitrogens with zero attached hydrogens (tertiary/aromatic N) is 6. The summed E-state index contributed by atoms with van der Waals surface area (Å²) in [5.41, 5.74) is 0.496. The summed E-state index contributed by atoms with van der Waals surface area (Å²) in [5, 5.41) is 8.12. The summed E-state index contributed by atoms with van der Waals surface area (Å²) < 4.78 is 61.4. The van der Waals surface area contributed by atoms with Crippen molar-refractivity contribution in [3.8, 4) is 0 Å². The molecule has 0 radical (unpaired) electrons. The van der Waals surface area contributed by atoms with E-state index in [1.807, 2.05) is 6.07 Å². The van der Waals surface area contributed by atoms with E-state index in [1.165, 1.54) is 18.5 Å². The number of hydrogen-bond donors (Lipinski definition) is 1. The van der Waals surface area contributed by atoms with E-state index >= 15 is 0 Å². The Labute approximate surface area is 191 Å². The Morgan fingerprint density at radius 3 is 2.62 bits per heavy atom. The molecule has 0 aliphatic carbocycles. The summed E-state index contributed by atoms with van der Waals surface area (Å²) in [6.07, 6.45) is -3.46. The molecule has 1 atom stereocenters. The number of hydrogen-bond acceptors (Lipinski definition) is 7. The molecule has 1 fully saturated rings. The zero-order chi connectivity index (χ0) is 24.0. The largest absolute Gasteiger partial charge is 0.419 e. The van der Waals surface area contributed by atoms with Crippen LogP contribution >= 0.6 is 0 Å². The van der Waals surface area contributed by atoms with Crippen LogP contribution in [0.2, 0.25) is 0 Å². The number of aryl methyl sites for hydroxylation is 1. The summed E-state index contributed by atoms with van der Waals surface area (Å²) in [5.74, 6) is -0.398. The van der Waals surface area contributed by atoms with Gasteiger partial charge in [0.25, 0.3) is 0 Å². The summed E-state index contributed by atoms with van der Waals surface area (Å²) >= 11 is 0. The lowest BCUT2D eigenvalue weighted by Crippen LogP contribution is -2.36. The molecule has 0 spiro atoms. The van der Waals surface area contributed by atoms with Crippen molar-refractivity contribution in [2.24, 2.45) is 0 Å². The van der Waals surface area contributed by atoms with Gasteiger partial charge in [-0.2, -0.15) is 17.7 Å². The highest BCUT2D eigenvalue weighted by Crippen LogP contribution is 2.35. The molecular formula is C22H21F4N7O. The molecule has 0 amide bonds. The van der Waals surface area contributed by atoms with E-state index in [1.54, 1.807) is 18.4 Å². The number of anilines is 2. The zero-order valence-corrected chi connectivity index (χ0v) is 18.4. The van der Waals surface area contributed by atoms with E-state index in [2.05, 4.69) is 30.3 Å². The second-order valence-corrected chi connectivity index (χ2v) is 8.06. The SMILES string of the molecule is Cc1nc2c(N3CCOCC3)cc3c(N[C@H](C)c4cccc(C(F)(F)F)c4F)ncnc3n2n1. The maximum absolute atomic E-state index is 14.7. The van der Waals surface area contributed by atoms with Gasteiger partial charge < -0.3 is 15.0 Å². The second-order valence-electron chi connectivity index (χ2n) is 8.06. The number of rotatable bonds is 4. The molecule has 3 aromatic heterocycles. The lowest BCUT2D eigenvalue weighted by molar-refractivity contribution is -0.140. The third-order valence-electron chi connectivity index (χ3n) is 5.79. The molecule has 12 heteroatoms. The monoisotopic (exact) mass is 475 g/mol. The predicted octanol–water partition coefficient (Wildman–Crippen LogP) is 4.15. The van der Waals surface area contributed by atoms with E-state index in [0.717, 1.165) is 11.8 Å². The summed E-state index contributed by atoms with van der Waals surface area (Å²) in [4.78, 5) is 15.3. The van der Waals surface area contributed by atoms with Crippen LogP contribution in [0.1, 0.15) is 29.9 Å². The van der Waals surface area contributed by atoms with Crippen LogP contribution in [0.4, 0.5) is 29.1 Å². The van der Waals surface area contributed by atoms with Crippen LogP contribution < -0.4 is 10.2 Å². The molecule has 8 nitrogen and oxygen atoms in total. The quantitative estimate of drug-likeness (QED) is 0.444. The molecule has 178 valence electrons. The molecule has 1 aliphatic rings. The number of fused-ring (bicyclic) bond motifs is 3. The van der Waals surface area contributed by atoms with Gasteiger partial charge in [-0.1, -0.05) is 12.1 Å². The topological polar surface area (TPSA) is 80.5 Å². The highest BCUT2D eigenvalue weighted by atomic mass is 19.4. The number of halogens is 4. The number of aromatic nitrogens is 5. The molecule has 1 N–H and O–H groups in total. The predicted molar refractivity (Wildman–Crippen MR) is 117 cm³/mol. The van der Waals surface area contributed by atoms with Crippen LogP contribution in [-0.2, 0) is 10.9 Å². The normalized spacial score (nSPS) is 15.8. The highest BCUT2D eigenvalue weighted by Gasteiger charge is 2.35. The molecule has 0 bridgehead atoms. The number of alkyl halides is 3. The van der Waals surface area contributed by atoms with Crippen LogP contribution in [0.5, 0.6) is 0 Å². The molecule has 0 unspecified atom stereocenters. The summed E-state index contributed by atoms with van der Waals surface area (Å²) in [6, 6.07) is 4.31. The van der Waals surface area contributed by atoms with Gasteiger partial charge in [0.1, 0.15) is 23.8 Å². The Kier molecular flexibility index (Phi) is 5.47. The van der Waals surface area contributed by atoms with Crippen LogP contribution in [0.3, 0.4) is 0 Å². The highest BCUT2D eigenvalue weighted by molar-refractivity contribution is 5.93. The molecule has 1 saturated heterocycles. The first-order valence-electron chi connectivity index (χ1n) is 10.7. The van der Waals surface area contributed by atoms with E-state index in [0.29, 0.717) is 54.6 Å². The standard InChI is InChI=1S/C22H21F4N7O/c1-12(14-4-3-5-16(18(14)23)22(24,25)26)29-19-15-10-17(32-6-8-34-9-7-32)21-30-13(2)31-33(21)20(15)28-11-27-19/h3-5,10-12H,6-9H2,1-2H3,(H,27,28,29)/t12-/m1/s1.